The van der Waals surface area contributed by atoms with Crippen molar-refractivity contribution in [3.63, 3.8) is 0 Å². The molecule has 0 saturated heterocycles. The van der Waals surface area contributed by atoms with Crippen LogP contribution in [0.1, 0.15) is 27.3 Å². The lowest BCUT2D eigenvalue weighted by molar-refractivity contribution is 0.0957. The molecule has 4 nitrogen and oxygen atoms in total. The largest absolute Gasteiger partial charge is 0.316 e. The van der Waals surface area contributed by atoms with Crippen LogP contribution in [-0.4, -0.2) is 16.7 Å². The zero-order valence-electron chi connectivity index (χ0n) is 16.5. The minimum atomic E-state index is -0.255. The van der Waals surface area contributed by atoms with Crippen molar-refractivity contribution >= 4 is 46.1 Å². The number of nitrogens with one attached hydrogen (secondary N) is 1. The number of aromatic nitrogens is 1. The molecule has 4 aromatic rings. The summed E-state index contributed by atoms with van der Waals surface area (Å²) in [5.41, 5.74) is 6.82. The second-order valence-corrected chi connectivity index (χ2v) is 7.75. The molecular weight excluding hydrogens is 417 g/mol. The van der Waals surface area contributed by atoms with Gasteiger partial charge in [-0.25, -0.2) is 5.43 Å². The maximum atomic E-state index is 12.6. The van der Waals surface area contributed by atoms with E-state index in [1.807, 2.05) is 73.0 Å². The molecule has 6 heteroatoms. The van der Waals surface area contributed by atoms with Crippen LogP contribution in [0.25, 0.3) is 16.5 Å². The Labute approximate surface area is 184 Å². The Hall–Kier alpha value is -3.08. The van der Waals surface area contributed by atoms with Crippen LogP contribution in [0.2, 0.25) is 10.0 Å². The monoisotopic (exact) mass is 435 g/mol. The molecule has 0 aliphatic heterocycles. The summed E-state index contributed by atoms with van der Waals surface area (Å²) in [6.07, 6.45) is 1.64. The molecule has 3 aromatic carbocycles. The lowest BCUT2D eigenvalue weighted by Gasteiger charge is -2.12. The van der Waals surface area contributed by atoms with Gasteiger partial charge in [0.2, 0.25) is 0 Å². The average molecular weight is 436 g/mol. The van der Waals surface area contributed by atoms with E-state index in [2.05, 4.69) is 10.5 Å². The summed E-state index contributed by atoms with van der Waals surface area (Å²) in [7, 11) is 0. The summed E-state index contributed by atoms with van der Waals surface area (Å²) in [5.74, 6) is -0.255. The average Bonchev–Trinajstić information content (AvgIpc) is 3.03. The predicted octanol–water partition coefficient (Wildman–Crippen LogP) is 6.32. The molecule has 0 spiro atoms. The number of halogens is 2. The van der Waals surface area contributed by atoms with E-state index in [-0.39, 0.29) is 5.91 Å². The van der Waals surface area contributed by atoms with Gasteiger partial charge in [-0.3, -0.25) is 4.79 Å². The fraction of sp³-hybridized carbons (Fsp3) is 0.0833. The van der Waals surface area contributed by atoms with Gasteiger partial charge in [-0.1, -0.05) is 65.7 Å². The molecule has 0 radical (unpaired) electrons. The first kappa shape index (κ1) is 20.2. The Morgan fingerprint density at radius 2 is 1.73 bits per heavy atom. The number of fused-ring (bicyclic) bond motifs is 1. The van der Waals surface area contributed by atoms with Crippen LogP contribution in [0, 0.1) is 13.8 Å². The Morgan fingerprint density at radius 3 is 2.57 bits per heavy atom. The Balaban J connectivity index is 1.59. The summed E-state index contributed by atoms with van der Waals surface area (Å²) < 4.78 is 2.02. The highest BCUT2D eigenvalue weighted by Crippen LogP contribution is 2.31. The second-order valence-electron chi connectivity index (χ2n) is 6.96. The molecule has 0 saturated carbocycles. The lowest BCUT2D eigenvalue weighted by atomic mass is 10.0. The maximum absolute atomic E-state index is 12.6. The van der Waals surface area contributed by atoms with Gasteiger partial charge in [0, 0.05) is 22.5 Å². The van der Waals surface area contributed by atoms with Gasteiger partial charge in [0.1, 0.15) is 0 Å². The zero-order valence-corrected chi connectivity index (χ0v) is 18.0. The van der Waals surface area contributed by atoms with Crippen LogP contribution in [-0.2, 0) is 0 Å². The van der Waals surface area contributed by atoms with Crippen LogP contribution in [0.4, 0.5) is 0 Å². The lowest BCUT2D eigenvalue weighted by Crippen LogP contribution is -2.18. The van der Waals surface area contributed by atoms with E-state index in [4.69, 9.17) is 23.2 Å². The number of aryl methyl sites for hydroxylation is 1. The number of hydrogen-bond donors (Lipinski definition) is 1. The fourth-order valence-electron chi connectivity index (χ4n) is 3.60. The van der Waals surface area contributed by atoms with E-state index in [9.17, 15) is 4.79 Å². The van der Waals surface area contributed by atoms with Crippen molar-refractivity contribution in [2.24, 2.45) is 5.10 Å². The maximum Gasteiger partial charge on any atom is 0.271 e. The fourth-order valence-corrected chi connectivity index (χ4v) is 3.98. The molecule has 1 N–H and O–H groups in total. The molecule has 30 heavy (non-hydrogen) atoms. The Kier molecular flexibility index (Phi) is 5.62. The van der Waals surface area contributed by atoms with Crippen molar-refractivity contribution < 1.29 is 4.79 Å². The Bertz CT molecular complexity index is 1290. The summed E-state index contributed by atoms with van der Waals surface area (Å²) in [6.45, 7) is 3.95. The Morgan fingerprint density at radius 1 is 1.00 bits per heavy atom. The molecule has 0 bridgehead atoms. The van der Waals surface area contributed by atoms with E-state index in [1.165, 1.54) is 0 Å². The van der Waals surface area contributed by atoms with Crippen LogP contribution in [0.3, 0.4) is 0 Å². The van der Waals surface area contributed by atoms with Crippen molar-refractivity contribution in [2.75, 3.05) is 0 Å². The van der Waals surface area contributed by atoms with Crippen molar-refractivity contribution in [1.29, 1.82) is 0 Å². The van der Waals surface area contributed by atoms with Gasteiger partial charge in [0.05, 0.1) is 21.9 Å². The molecule has 0 aliphatic rings. The van der Waals surface area contributed by atoms with Crippen LogP contribution < -0.4 is 5.43 Å². The summed E-state index contributed by atoms with van der Waals surface area (Å²) in [6, 6.07) is 20.9. The topological polar surface area (TPSA) is 46.4 Å². The zero-order chi connectivity index (χ0) is 21.3. The quantitative estimate of drug-likeness (QED) is 0.295. The van der Waals surface area contributed by atoms with Crippen LogP contribution >= 0.6 is 23.2 Å². The van der Waals surface area contributed by atoms with E-state index in [0.717, 1.165) is 33.4 Å². The molecule has 1 amide bonds. The van der Waals surface area contributed by atoms with Crippen molar-refractivity contribution in [2.45, 2.75) is 13.8 Å². The number of benzene rings is 3. The van der Waals surface area contributed by atoms with Gasteiger partial charge in [-0.15, -0.1) is 0 Å². The molecule has 0 fully saturated rings. The van der Waals surface area contributed by atoms with Gasteiger partial charge in [-0.2, -0.15) is 5.10 Å². The number of hydrogen-bond acceptors (Lipinski definition) is 2. The third kappa shape index (κ3) is 3.72. The molecule has 0 aliphatic carbocycles. The molecule has 0 atom stereocenters. The van der Waals surface area contributed by atoms with Gasteiger partial charge in [-0.05, 0) is 48.9 Å². The molecular formula is C24H19Cl2N3O. The van der Waals surface area contributed by atoms with Gasteiger partial charge < -0.3 is 4.57 Å². The SMILES string of the molecule is Cc1cc(/C=N\NC(=O)c2cccc3ccccc23)c(C)n1-c1cccc(Cl)c1Cl. The van der Waals surface area contributed by atoms with E-state index in [1.54, 1.807) is 18.3 Å². The van der Waals surface area contributed by atoms with Gasteiger partial charge in [0.15, 0.2) is 0 Å². The highest BCUT2D eigenvalue weighted by molar-refractivity contribution is 6.43. The molecule has 4 rings (SSSR count). The first-order chi connectivity index (χ1) is 14.5. The summed E-state index contributed by atoms with van der Waals surface area (Å²) >= 11 is 12.6. The smallest absolute Gasteiger partial charge is 0.271 e. The first-order valence-corrected chi connectivity index (χ1v) is 10.2. The van der Waals surface area contributed by atoms with Crippen molar-refractivity contribution in [3.8, 4) is 5.69 Å². The second kappa shape index (κ2) is 8.34. The van der Waals surface area contributed by atoms with Gasteiger partial charge in [0.25, 0.3) is 5.91 Å². The van der Waals surface area contributed by atoms with Crippen LogP contribution in [0.15, 0.2) is 71.8 Å². The minimum Gasteiger partial charge on any atom is -0.316 e. The number of rotatable bonds is 4. The number of amides is 1. The summed E-state index contributed by atoms with van der Waals surface area (Å²) in [4.78, 5) is 12.6. The molecule has 1 aromatic heterocycles. The number of hydrazone groups is 1. The summed E-state index contributed by atoms with van der Waals surface area (Å²) in [5, 5.41) is 7.07. The van der Waals surface area contributed by atoms with Crippen molar-refractivity contribution in [3.05, 3.63) is 99.3 Å². The minimum absolute atomic E-state index is 0.255. The standard InChI is InChI=1S/C24H19Cl2N3O/c1-15-13-18(16(2)29(15)22-12-6-11-21(25)23(22)26)14-27-28-24(30)20-10-5-8-17-7-3-4-9-19(17)20/h3-14H,1-2H3,(H,28,30)/b27-14-. The normalized spacial score (nSPS) is 11.3. The predicted molar refractivity (Wildman–Crippen MR) is 124 cm³/mol. The molecule has 0 unspecified atom stereocenters. The van der Waals surface area contributed by atoms with Crippen LogP contribution in [0.5, 0.6) is 0 Å². The highest BCUT2D eigenvalue weighted by Gasteiger charge is 2.14. The van der Waals surface area contributed by atoms with Crippen molar-refractivity contribution in [1.82, 2.24) is 9.99 Å². The first-order valence-electron chi connectivity index (χ1n) is 9.42. The third-order valence-electron chi connectivity index (χ3n) is 5.05. The third-order valence-corrected chi connectivity index (χ3v) is 5.86. The number of nitrogens with zero attached hydrogens (tertiary/aromatic N) is 2. The number of carbonyl (C=O) groups is 1. The van der Waals surface area contributed by atoms with Gasteiger partial charge >= 0.3 is 0 Å². The van der Waals surface area contributed by atoms with E-state index < -0.39 is 0 Å². The number of carbonyl (C=O) groups excluding carboxylic acids is 1. The van der Waals surface area contributed by atoms with E-state index >= 15 is 0 Å². The molecule has 150 valence electrons. The van der Waals surface area contributed by atoms with E-state index in [0.29, 0.717) is 15.6 Å². The highest BCUT2D eigenvalue weighted by atomic mass is 35.5. The molecule has 1 heterocycles.